The van der Waals surface area contributed by atoms with E-state index in [9.17, 15) is 4.79 Å². The van der Waals surface area contributed by atoms with Gasteiger partial charge in [-0.2, -0.15) is 5.10 Å². The molecule has 18 heavy (non-hydrogen) atoms. The number of rotatable bonds is 5. The summed E-state index contributed by atoms with van der Waals surface area (Å²) in [5, 5.41) is 6.86. The van der Waals surface area contributed by atoms with Crippen LogP contribution in [0.3, 0.4) is 0 Å². The van der Waals surface area contributed by atoms with E-state index in [2.05, 4.69) is 10.4 Å². The van der Waals surface area contributed by atoms with E-state index in [4.69, 9.17) is 4.74 Å². The van der Waals surface area contributed by atoms with Crippen molar-refractivity contribution in [3.63, 3.8) is 0 Å². The largest absolute Gasteiger partial charge is 0.497 e. The number of hydrogen-bond donors (Lipinski definition) is 1. The predicted octanol–water partition coefficient (Wildman–Crippen LogP) is 1.92. The third kappa shape index (κ3) is 3.35. The number of aryl methyl sites for hydroxylation is 1. The van der Waals surface area contributed by atoms with Gasteiger partial charge >= 0.3 is 0 Å². The quantitative estimate of drug-likeness (QED) is 0.875. The Balaban J connectivity index is 1.83. The molecule has 0 radical (unpaired) electrons. The fourth-order valence-electron chi connectivity index (χ4n) is 1.55. The summed E-state index contributed by atoms with van der Waals surface area (Å²) in [5.74, 6) is 0.736. The second kappa shape index (κ2) is 5.86. The minimum absolute atomic E-state index is 0.0318. The summed E-state index contributed by atoms with van der Waals surface area (Å²) in [7, 11) is 1.61. The smallest absolute Gasteiger partial charge is 0.226 e. The van der Waals surface area contributed by atoms with E-state index in [1.807, 2.05) is 36.5 Å². The summed E-state index contributed by atoms with van der Waals surface area (Å²) in [6, 6.07) is 9.07. The molecule has 2 rings (SSSR count). The molecule has 1 aromatic carbocycles. The van der Waals surface area contributed by atoms with E-state index >= 15 is 0 Å². The number of aromatic nitrogens is 2. The number of carbonyl (C=O) groups excluding carboxylic acids is 1. The fourth-order valence-corrected chi connectivity index (χ4v) is 1.55. The summed E-state index contributed by atoms with van der Waals surface area (Å²) in [6.07, 6.45) is 3.93. The van der Waals surface area contributed by atoms with Gasteiger partial charge in [-0.1, -0.05) is 0 Å². The zero-order valence-electron chi connectivity index (χ0n) is 10.2. The molecular weight excluding hydrogens is 230 g/mol. The van der Waals surface area contributed by atoms with E-state index in [0.717, 1.165) is 11.4 Å². The Labute approximate surface area is 105 Å². The minimum atomic E-state index is -0.0318. The van der Waals surface area contributed by atoms with Crippen LogP contribution in [-0.2, 0) is 11.3 Å². The zero-order chi connectivity index (χ0) is 12.8. The van der Waals surface area contributed by atoms with Gasteiger partial charge in [0.2, 0.25) is 5.91 Å². The molecule has 0 aliphatic carbocycles. The van der Waals surface area contributed by atoms with Crippen LogP contribution in [0, 0.1) is 0 Å². The minimum Gasteiger partial charge on any atom is -0.497 e. The Kier molecular flexibility index (Phi) is 3.96. The highest BCUT2D eigenvalue weighted by Crippen LogP contribution is 2.15. The highest BCUT2D eigenvalue weighted by atomic mass is 16.5. The van der Waals surface area contributed by atoms with Gasteiger partial charge in [-0.15, -0.1) is 0 Å². The molecule has 1 N–H and O–H groups in total. The van der Waals surface area contributed by atoms with Crippen LogP contribution in [0.15, 0.2) is 42.7 Å². The number of nitrogens with zero attached hydrogens (tertiary/aromatic N) is 2. The maximum Gasteiger partial charge on any atom is 0.226 e. The Morgan fingerprint density at radius 2 is 2.17 bits per heavy atom. The van der Waals surface area contributed by atoms with Crippen molar-refractivity contribution in [3.8, 4) is 5.75 Å². The lowest BCUT2D eigenvalue weighted by Gasteiger charge is -2.06. The van der Waals surface area contributed by atoms with Crippen LogP contribution >= 0.6 is 0 Å². The van der Waals surface area contributed by atoms with Gasteiger partial charge in [0, 0.05) is 31.0 Å². The molecule has 0 spiro atoms. The van der Waals surface area contributed by atoms with Crippen molar-refractivity contribution in [3.05, 3.63) is 42.7 Å². The fraction of sp³-hybridized carbons (Fsp3) is 0.231. The van der Waals surface area contributed by atoms with Crippen LogP contribution in [0.1, 0.15) is 6.42 Å². The van der Waals surface area contributed by atoms with Crippen molar-refractivity contribution in [2.45, 2.75) is 13.0 Å². The lowest BCUT2D eigenvalue weighted by Crippen LogP contribution is -2.14. The predicted molar refractivity (Wildman–Crippen MR) is 68.5 cm³/mol. The van der Waals surface area contributed by atoms with Gasteiger partial charge in [-0.05, 0) is 30.3 Å². The summed E-state index contributed by atoms with van der Waals surface area (Å²) >= 11 is 0. The first kappa shape index (κ1) is 12.2. The Morgan fingerprint density at radius 1 is 1.39 bits per heavy atom. The molecule has 0 bridgehead atoms. The van der Waals surface area contributed by atoms with Crippen molar-refractivity contribution in [1.82, 2.24) is 9.78 Å². The number of benzene rings is 1. The molecule has 1 aromatic heterocycles. The monoisotopic (exact) mass is 245 g/mol. The van der Waals surface area contributed by atoms with Crippen LogP contribution in [-0.4, -0.2) is 22.8 Å². The van der Waals surface area contributed by atoms with Gasteiger partial charge in [0.05, 0.1) is 7.11 Å². The number of anilines is 1. The van der Waals surface area contributed by atoms with E-state index in [1.165, 1.54) is 0 Å². The summed E-state index contributed by atoms with van der Waals surface area (Å²) in [5.41, 5.74) is 0.765. The number of methoxy groups -OCH3 is 1. The molecule has 1 heterocycles. The molecule has 0 saturated carbocycles. The molecule has 0 atom stereocenters. The van der Waals surface area contributed by atoms with Gasteiger partial charge in [0.15, 0.2) is 0 Å². The van der Waals surface area contributed by atoms with Gasteiger partial charge in [0.1, 0.15) is 5.75 Å². The number of nitrogens with one attached hydrogen (secondary N) is 1. The maximum absolute atomic E-state index is 11.7. The second-order valence-corrected chi connectivity index (χ2v) is 3.80. The normalized spacial score (nSPS) is 10.1. The second-order valence-electron chi connectivity index (χ2n) is 3.80. The average molecular weight is 245 g/mol. The van der Waals surface area contributed by atoms with Crippen molar-refractivity contribution in [2.24, 2.45) is 0 Å². The Bertz CT molecular complexity index is 491. The lowest BCUT2D eigenvalue weighted by molar-refractivity contribution is -0.116. The average Bonchev–Trinajstić information content (AvgIpc) is 2.90. The highest BCUT2D eigenvalue weighted by Gasteiger charge is 2.03. The van der Waals surface area contributed by atoms with Crippen LogP contribution in [0.5, 0.6) is 5.75 Å². The summed E-state index contributed by atoms with van der Waals surface area (Å²) in [6.45, 7) is 0.578. The van der Waals surface area contributed by atoms with Gasteiger partial charge in [-0.25, -0.2) is 0 Å². The van der Waals surface area contributed by atoms with E-state index in [-0.39, 0.29) is 5.91 Å². The molecular formula is C13H15N3O2. The number of ether oxygens (including phenoxy) is 1. The molecule has 0 fully saturated rings. The van der Waals surface area contributed by atoms with Crippen LogP contribution in [0.2, 0.25) is 0 Å². The molecule has 0 aliphatic heterocycles. The van der Waals surface area contributed by atoms with Gasteiger partial charge < -0.3 is 10.1 Å². The number of amides is 1. The molecule has 5 heteroatoms. The Hall–Kier alpha value is -2.30. The Morgan fingerprint density at radius 3 is 2.78 bits per heavy atom. The van der Waals surface area contributed by atoms with Crippen LogP contribution in [0.25, 0.3) is 0 Å². The van der Waals surface area contributed by atoms with Crippen LogP contribution in [0.4, 0.5) is 5.69 Å². The number of hydrogen-bond acceptors (Lipinski definition) is 3. The third-order valence-electron chi connectivity index (χ3n) is 2.50. The van der Waals surface area contributed by atoms with Crippen molar-refractivity contribution in [2.75, 3.05) is 12.4 Å². The van der Waals surface area contributed by atoms with Crippen molar-refractivity contribution < 1.29 is 9.53 Å². The van der Waals surface area contributed by atoms with E-state index < -0.39 is 0 Å². The number of carbonyl (C=O) groups is 1. The van der Waals surface area contributed by atoms with Gasteiger partial charge in [0.25, 0.3) is 0 Å². The lowest BCUT2D eigenvalue weighted by atomic mass is 10.3. The first-order valence-corrected chi connectivity index (χ1v) is 5.69. The summed E-state index contributed by atoms with van der Waals surface area (Å²) < 4.78 is 6.78. The highest BCUT2D eigenvalue weighted by molar-refractivity contribution is 5.90. The summed E-state index contributed by atoms with van der Waals surface area (Å²) in [4.78, 5) is 11.7. The van der Waals surface area contributed by atoms with Crippen LogP contribution < -0.4 is 10.1 Å². The molecule has 0 saturated heterocycles. The molecule has 1 amide bonds. The standard InChI is InChI=1S/C13H15N3O2/c1-18-12-5-3-11(4-6-12)15-13(17)7-10-16-9-2-8-14-16/h2-6,8-9H,7,10H2,1H3,(H,15,17). The van der Waals surface area contributed by atoms with Gasteiger partial charge in [-0.3, -0.25) is 9.48 Å². The van der Waals surface area contributed by atoms with E-state index in [0.29, 0.717) is 13.0 Å². The zero-order valence-corrected chi connectivity index (χ0v) is 10.2. The molecule has 5 nitrogen and oxygen atoms in total. The maximum atomic E-state index is 11.7. The molecule has 2 aromatic rings. The SMILES string of the molecule is COc1ccc(NC(=O)CCn2cccn2)cc1. The molecule has 0 aliphatic rings. The topological polar surface area (TPSA) is 56.1 Å². The van der Waals surface area contributed by atoms with Crippen molar-refractivity contribution in [1.29, 1.82) is 0 Å². The van der Waals surface area contributed by atoms with E-state index in [1.54, 1.807) is 18.0 Å². The molecule has 0 unspecified atom stereocenters. The molecule has 94 valence electrons. The third-order valence-corrected chi connectivity index (χ3v) is 2.50. The first-order chi connectivity index (χ1) is 8.78. The van der Waals surface area contributed by atoms with Crippen molar-refractivity contribution >= 4 is 11.6 Å². The first-order valence-electron chi connectivity index (χ1n) is 5.69.